The SMILES string of the molecule is O=C(NCc1cc(C#CCO)ccc1F)C1CCCS1. The summed E-state index contributed by atoms with van der Waals surface area (Å²) in [6.07, 6.45) is 1.95. The lowest BCUT2D eigenvalue weighted by Gasteiger charge is -2.10. The maximum absolute atomic E-state index is 13.7. The summed E-state index contributed by atoms with van der Waals surface area (Å²) in [5.74, 6) is 5.86. The molecule has 1 unspecified atom stereocenters. The van der Waals surface area contributed by atoms with Gasteiger partial charge in [0.2, 0.25) is 5.91 Å². The van der Waals surface area contributed by atoms with E-state index in [0.29, 0.717) is 11.1 Å². The van der Waals surface area contributed by atoms with Crippen molar-refractivity contribution in [1.82, 2.24) is 5.32 Å². The molecular weight excluding hydrogens is 277 g/mol. The second kappa shape index (κ2) is 7.32. The van der Waals surface area contributed by atoms with Gasteiger partial charge >= 0.3 is 0 Å². The summed E-state index contributed by atoms with van der Waals surface area (Å²) in [6, 6.07) is 4.48. The van der Waals surface area contributed by atoms with E-state index in [9.17, 15) is 9.18 Å². The highest BCUT2D eigenvalue weighted by atomic mass is 32.2. The van der Waals surface area contributed by atoms with Crippen LogP contribution in [0.2, 0.25) is 0 Å². The Kier molecular flexibility index (Phi) is 5.45. The zero-order chi connectivity index (χ0) is 14.4. The third kappa shape index (κ3) is 3.99. The van der Waals surface area contributed by atoms with Crippen LogP contribution in [-0.4, -0.2) is 28.6 Å². The third-order valence-electron chi connectivity index (χ3n) is 3.03. The average Bonchev–Trinajstić information content (AvgIpc) is 2.99. The molecule has 0 aliphatic carbocycles. The molecule has 1 aromatic carbocycles. The molecule has 0 aromatic heterocycles. The number of carbonyl (C=O) groups excluding carboxylic acids is 1. The Bertz CT molecular complexity index is 545. The van der Waals surface area contributed by atoms with Crippen LogP contribution in [0.25, 0.3) is 0 Å². The van der Waals surface area contributed by atoms with Crippen LogP contribution in [0.3, 0.4) is 0 Å². The smallest absolute Gasteiger partial charge is 0.233 e. The summed E-state index contributed by atoms with van der Waals surface area (Å²) in [4.78, 5) is 11.9. The number of hydrogen-bond acceptors (Lipinski definition) is 3. The molecule has 2 rings (SSSR count). The molecule has 1 heterocycles. The first kappa shape index (κ1) is 14.9. The van der Waals surface area contributed by atoms with Crippen LogP contribution < -0.4 is 5.32 Å². The first-order valence-corrected chi connectivity index (χ1v) is 7.53. The molecule has 0 bridgehead atoms. The van der Waals surface area contributed by atoms with E-state index in [1.165, 1.54) is 6.07 Å². The molecule has 1 amide bonds. The van der Waals surface area contributed by atoms with Crippen LogP contribution >= 0.6 is 11.8 Å². The maximum atomic E-state index is 13.7. The van der Waals surface area contributed by atoms with Gasteiger partial charge in [-0.25, -0.2) is 4.39 Å². The van der Waals surface area contributed by atoms with Crippen molar-refractivity contribution in [2.24, 2.45) is 0 Å². The van der Waals surface area contributed by atoms with Gasteiger partial charge in [0.05, 0.1) is 5.25 Å². The van der Waals surface area contributed by atoms with Crippen molar-refractivity contribution in [2.45, 2.75) is 24.6 Å². The Morgan fingerprint density at radius 2 is 2.40 bits per heavy atom. The number of carbonyl (C=O) groups is 1. The van der Waals surface area contributed by atoms with E-state index in [1.54, 1.807) is 23.9 Å². The molecule has 2 N–H and O–H groups in total. The molecule has 20 heavy (non-hydrogen) atoms. The molecule has 0 radical (unpaired) electrons. The minimum absolute atomic E-state index is 0.00424. The van der Waals surface area contributed by atoms with Crippen LogP contribution in [0.5, 0.6) is 0 Å². The highest BCUT2D eigenvalue weighted by molar-refractivity contribution is 8.00. The first-order chi connectivity index (χ1) is 9.70. The standard InChI is InChI=1S/C15H16FNO2S/c16-13-6-5-11(3-1-7-18)9-12(13)10-17-15(19)14-4-2-8-20-14/h5-6,9,14,18H,2,4,7-8,10H2,(H,17,19). The molecule has 1 aliphatic heterocycles. The maximum Gasteiger partial charge on any atom is 0.233 e. The summed E-state index contributed by atoms with van der Waals surface area (Å²) in [5, 5.41) is 11.4. The average molecular weight is 293 g/mol. The predicted octanol–water partition coefficient (Wildman–Crippen LogP) is 1.68. The number of aliphatic hydroxyl groups excluding tert-OH is 1. The minimum atomic E-state index is -0.362. The largest absolute Gasteiger partial charge is 0.384 e. The number of hydrogen-bond donors (Lipinski definition) is 2. The van der Waals surface area contributed by atoms with E-state index < -0.39 is 0 Å². The highest BCUT2D eigenvalue weighted by Crippen LogP contribution is 2.26. The number of benzene rings is 1. The van der Waals surface area contributed by atoms with Crippen molar-refractivity contribution in [3.05, 3.63) is 35.1 Å². The zero-order valence-corrected chi connectivity index (χ0v) is 11.8. The number of thioether (sulfide) groups is 1. The summed E-state index contributed by atoms with van der Waals surface area (Å²) in [5.41, 5.74) is 1.03. The molecule has 1 atom stereocenters. The van der Waals surface area contributed by atoms with E-state index >= 15 is 0 Å². The van der Waals surface area contributed by atoms with Gasteiger partial charge in [0.25, 0.3) is 0 Å². The molecule has 106 valence electrons. The third-order valence-corrected chi connectivity index (χ3v) is 4.41. The van der Waals surface area contributed by atoms with E-state index in [1.807, 2.05) is 0 Å². The summed E-state index contributed by atoms with van der Waals surface area (Å²) < 4.78 is 13.7. The van der Waals surface area contributed by atoms with E-state index in [4.69, 9.17) is 5.11 Å². The van der Waals surface area contributed by atoms with Crippen LogP contribution in [0.4, 0.5) is 4.39 Å². The van der Waals surface area contributed by atoms with Crippen LogP contribution in [0.15, 0.2) is 18.2 Å². The van der Waals surface area contributed by atoms with Crippen molar-refractivity contribution in [2.75, 3.05) is 12.4 Å². The van der Waals surface area contributed by atoms with Gasteiger partial charge in [-0.2, -0.15) is 0 Å². The lowest BCUT2D eigenvalue weighted by atomic mass is 10.1. The van der Waals surface area contributed by atoms with Gasteiger partial charge in [-0.15, -0.1) is 11.8 Å². The second-order valence-electron chi connectivity index (χ2n) is 4.49. The molecule has 5 heteroatoms. The topological polar surface area (TPSA) is 49.3 Å². The molecule has 1 aliphatic rings. The second-order valence-corrected chi connectivity index (χ2v) is 5.80. The Labute approximate surface area is 122 Å². The van der Waals surface area contributed by atoms with E-state index in [-0.39, 0.29) is 30.1 Å². The van der Waals surface area contributed by atoms with Gasteiger partial charge in [0.15, 0.2) is 0 Å². The Morgan fingerprint density at radius 3 is 3.10 bits per heavy atom. The Morgan fingerprint density at radius 1 is 1.55 bits per heavy atom. The molecule has 0 spiro atoms. The number of aliphatic hydroxyl groups is 1. The van der Waals surface area contributed by atoms with Crippen molar-refractivity contribution in [3.63, 3.8) is 0 Å². The molecule has 1 aromatic rings. The van der Waals surface area contributed by atoms with Gasteiger partial charge in [-0.3, -0.25) is 4.79 Å². The number of nitrogens with one attached hydrogen (secondary N) is 1. The lowest BCUT2D eigenvalue weighted by molar-refractivity contribution is -0.120. The molecule has 1 saturated heterocycles. The fraction of sp³-hybridized carbons (Fsp3) is 0.400. The van der Waals surface area contributed by atoms with E-state index in [0.717, 1.165) is 18.6 Å². The summed E-state index contributed by atoms with van der Waals surface area (Å²) >= 11 is 1.65. The zero-order valence-electron chi connectivity index (χ0n) is 11.0. The Balaban J connectivity index is 1.99. The fourth-order valence-electron chi connectivity index (χ4n) is 2.01. The van der Waals surface area contributed by atoms with Crippen LogP contribution in [-0.2, 0) is 11.3 Å². The monoisotopic (exact) mass is 293 g/mol. The molecule has 3 nitrogen and oxygen atoms in total. The molecular formula is C15H16FNO2S. The van der Waals surface area contributed by atoms with Crippen molar-refractivity contribution < 1.29 is 14.3 Å². The van der Waals surface area contributed by atoms with Gasteiger partial charge < -0.3 is 10.4 Å². The van der Waals surface area contributed by atoms with Crippen molar-refractivity contribution in [3.8, 4) is 11.8 Å². The number of amides is 1. The predicted molar refractivity (Wildman–Crippen MR) is 77.7 cm³/mol. The van der Waals surface area contributed by atoms with Gasteiger partial charge in [0.1, 0.15) is 12.4 Å². The van der Waals surface area contributed by atoms with Crippen LogP contribution in [0.1, 0.15) is 24.0 Å². The quantitative estimate of drug-likeness (QED) is 0.834. The Hall–Kier alpha value is -1.51. The van der Waals surface area contributed by atoms with Gasteiger partial charge in [-0.1, -0.05) is 11.8 Å². The van der Waals surface area contributed by atoms with Gasteiger partial charge in [-0.05, 0) is 36.8 Å². The van der Waals surface area contributed by atoms with Crippen LogP contribution in [0, 0.1) is 17.7 Å². The van der Waals surface area contributed by atoms with Crippen molar-refractivity contribution in [1.29, 1.82) is 0 Å². The molecule has 1 fully saturated rings. The number of rotatable bonds is 3. The van der Waals surface area contributed by atoms with Crippen molar-refractivity contribution >= 4 is 17.7 Å². The fourth-order valence-corrected chi connectivity index (χ4v) is 3.20. The summed E-state index contributed by atoms with van der Waals surface area (Å²) in [6.45, 7) is -0.0707. The van der Waals surface area contributed by atoms with Gasteiger partial charge in [0, 0.05) is 17.7 Å². The lowest BCUT2D eigenvalue weighted by Crippen LogP contribution is -2.31. The first-order valence-electron chi connectivity index (χ1n) is 6.48. The molecule has 0 saturated carbocycles. The normalized spacial score (nSPS) is 17.4. The summed E-state index contributed by atoms with van der Waals surface area (Å²) in [7, 11) is 0. The van der Waals surface area contributed by atoms with E-state index in [2.05, 4.69) is 17.2 Å². The highest BCUT2D eigenvalue weighted by Gasteiger charge is 2.23. The minimum Gasteiger partial charge on any atom is -0.384 e. The number of halogens is 1.